The molecule has 0 aliphatic carbocycles. The van der Waals surface area contributed by atoms with Crippen molar-refractivity contribution in [1.82, 2.24) is 0 Å². The number of halogens is 1. The average Bonchev–Trinajstić information content (AvgIpc) is 2.23. The van der Waals surface area contributed by atoms with E-state index >= 15 is 0 Å². The number of fused-ring (bicyclic) bond motifs is 1. The summed E-state index contributed by atoms with van der Waals surface area (Å²) in [5.41, 5.74) is 2.32. The van der Waals surface area contributed by atoms with Gasteiger partial charge in [0.2, 0.25) is 0 Å². The molecule has 1 atom stereocenters. The Morgan fingerprint density at radius 2 is 2.21 bits per heavy atom. The predicted molar refractivity (Wildman–Crippen MR) is 62.7 cm³/mol. The lowest BCUT2D eigenvalue weighted by molar-refractivity contribution is 0.895. The Balaban J connectivity index is 2.42. The van der Waals surface area contributed by atoms with Gasteiger partial charge in [-0.1, -0.05) is 42.0 Å². The number of nitrogens with zero attached hydrogens (tertiary/aromatic N) is 1. The summed E-state index contributed by atoms with van der Waals surface area (Å²) in [4.78, 5) is 2.11. The van der Waals surface area contributed by atoms with Crippen molar-refractivity contribution in [2.45, 2.75) is 5.50 Å². The summed E-state index contributed by atoms with van der Waals surface area (Å²) in [6.07, 6.45) is 5.92. The molecule has 1 aliphatic rings. The van der Waals surface area contributed by atoms with Crippen LogP contribution in [0.2, 0.25) is 0 Å². The molecule has 1 heterocycles. The second-order valence-electron chi connectivity index (χ2n) is 3.23. The molecule has 0 amide bonds. The highest BCUT2D eigenvalue weighted by atomic mass is 35.5. The van der Waals surface area contributed by atoms with Crippen LogP contribution in [-0.2, 0) is 0 Å². The molecule has 0 bridgehead atoms. The van der Waals surface area contributed by atoms with Gasteiger partial charge in [0.25, 0.3) is 0 Å². The zero-order chi connectivity index (χ0) is 9.97. The average molecular weight is 206 g/mol. The van der Waals surface area contributed by atoms with Gasteiger partial charge in [-0.25, -0.2) is 0 Å². The maximum Gasteiger partial charge on any atom is 0.123 e. The first-order valence-corrected chi connectivity index (χ1v) is 5.05. The van der Waals surface area contributed by atoms with Crippen molar-refractivity contribution in [3.8, 4) is 0 Å². The molecule has 2 rings (SSSR count). The quantitative estimate of drug-likeness (QED) is 0.407. The summed E-state index contributed by atoms with van der Waals surface area (Å²) in [5, 5.41) is 0. The fraction of sp³-hybridized carbons (Fsp3) is 0.167. The maximum atomic E-state index is 6.18. The first-order valence-electron chi connectivity index (χ1n) is 4.62. The minimum atomic E-state index is -0.0668. The van der Waals surface area contributed by atoms with E-state index in [-0.39, 0.29) is 5.50 Å². The van der Waals surface area contributed by atoms with Crippen molar-refractivity contribution in [3.05, 3.63) is 48.6 Å². The van der Waals surface area contributed by atoms with Crippen LogP contribution in [0.1, 0.15) is 5.56 Å². The largest absolute Gasteiger partial charge is 0.348 e. The minimum Gasteiger partial charge on any atom is -0.348 e. The van der Waals surface area contributed by atoms with Crippen LogP contribution in [0.15, 0.2) is 43.0 Å². The van der Waals surface area contributed by atoms with Gasteiger partial charge >= 0.3 is 0 Å². The molecule has 0 radical (unpaired) electrons. The Morgan fingerprint density at radius 3 is 3.00 bits per heavy atom. The molecule has 0 saturated heterocycles. The number of benzene rings is 1. The third kappa shape index (κ3) is 1.55. The van der Waals surface area contributed by atoms with Crippen LogP contribution in [0.4, 0.5) is 5.69 Å². The van der Waals surface area contributed by atoms with Gasteiger partial charge in [-0.15, -0.1) is 6.58 Å². The van der Waals surface area contributed by atoms with Crippen molar-refractivity contribution >= 4 is 23.4 Å². The summed E-state index contributed by atoms with van der Waals surface area (Å²) >= 11 is 6.18. The van der Waals surface area contributed by atoms with Crippen LogP contribution >= 0.6 is 11.6 Å². The minimum absolute atomic E-state index is 0.0668. The number of alkyl halides is 1. The number of rotatable bonds is 2. The Bertz CT molecular complexity index is 370. The Labute approximate surface area is 89.3 Å². The SMILES string of the molecule is C=CCN1c2ccccc2C=CC1Cl. The third-order valence-corrected chi connectivity index (χ3v) is 2.69. The standard InChI is InChI=1S/C12H12ClN/c1-2-9-14-11-6-4-3-5-10(11)7-8-12(14)13/h2-8,12H,1,9H2. The summed E-state index contributed by atoms with van der Waals surface area (Å²) in [6, 6.07) is 8.23. The van der Waals surface area contributed by atoms with Crippen LogP contribution in [-0.4, -0.2) is 12.0 Å². The highest BCUT2D eigenvalue weighted by Crippen LogP contribution is 2.29. The van der Waals surface area contributed by atoms with Gasteiger partial charge < -0.3 is 4.90 Å². The van der Waals surface area contributed by atoms with Gasteiger partial charge in [0, 0.05) is 12.2 Å². The van der Waals surface area contributed by atoms with E-state index in [1.54, 1.807) is 0 Å². The van der Waals surface area contributed by atoms with E-state index < -0.39 is 0 Å². The summed E-state index contributed by atoms with van der Waals surface area (Å²) in [5.74, 6) is 0. The molecule has 14 heavy (non-hydrogen) atoms. The Kier molecular flexibility index (Phi) is 2.60. The summed E-state index contributed by atoms with van der Waals surface area (Å²) in [6.45, 7) is 4.51. The van der Waals surface area contributed by atoms with E-state index in [2.05, 4.69) is 29.7 Å². The van der Waals surface area contributed by atoms with Crippen LogP contribution < -0.4 is 4.90 Å². The van der Waals surface area contributed by atoms with Crippen LogP contribution in [0.5, 0.6) is 0 Å². The molecule has 0 N–H and O–H groups in total. The van der Waals surface area contributed by atoms with Gasteiger partial charge in [0.1, 0.15) is 5.50 Å². The second kappa shape index (κ2) is 3.89. The molecule has 0 fully saturated rings. The van der Waals surface area contributed by atoms with E-state index in [9.17, 15) is 0 Å². The first kappa shape index (κ1) is 9.35. The molecule has 1 unspecified atom stereocenters. The number of hydrogen-bond donors (Lipinski definition) is 0. The molecular weight excluding hydrogens is 194 g/mol. The molecule has 1 nitrogen and oxygen atoms in total. The van der Waals surface area contributed by atoms with Gasteiger partial charge in [-0.05, 0) is 17.7 Å². The molecule has 0 aromatic heterocycles. The highest BCUT2D eigenvalue weighted by Gasteiger charge is 2.18. The predicted octanol–water partition coefficient (Wildman–Crippen LogP) is 3.27. The van der Waals surface area contributed by atoms with E-state index in [0.717, 1.165) is 6.54 Å². The van der Waals surface area contributed by atoms with Gasteiger partial charge in [0.05, 0.1) is 0 Å². The lowest BCUT2D eigenvalue weighted by atomic mass is 10.1. The summed E-state index contributed by atoms with van der Waals surface area (Å²) < 4.78 is 0. The molecule has 1 aliphatic heterocycles. The van der Waals surface area contributed by atoms with Gasteiger partial charge in [0.15, 0.2) is 0 Å². The monoisotopic (exact) mass is 205 g/mol. The summed E-state index contributed by atoms with van der Waals surface area (Å²) in [7, 11) is 0. The van der Waals surface area contributed by atoms with Crippen molar-refractivity contribution in [2.75, 3.05) is 11.4 Å². The third-order valence-electron chi connectivity index (χ3n) is 2.30. The van der Waals surface area contributed by atoms with Crippen molar-refractivity contribution in [1.29, 1.82) is 0 Å². The fourth-order valence-corrected chi connectivity index (χ4v) is 1.91. The van der Waals surface area contributed by atoms with Gasteiger partial charge in [-0.3, -0.25) is 0 Å². The zero-order valence-electron chi connectivity index (χ0n) is 7.86. The number of hydrogen-bond acceptors (Lipinski definition) is 1. The van der Waals surface area contributed by atoms with E-state index in [0.29, 0.717) is 0 Å². The smallest absolute Gasteiger partial charge is 0.123 e. The Morgan fingerprint density at radius 1 is 1.43 bits per heavy atom. The number of anilines is 1. The van der Waals surface area contributed by atoms with Crippen molar-refractivity contribution in [3.63, 3.8) is 0 Å². The lowest BCUT2D eigenvalue weighted by Crippen LogP contribution is -2.32. The van der Waals surface area contributed by atoms with E-state index in [4.69, 9.17) is 11.6 Å². The highest BCUT2D eigenvalue weighted by molar-refractivity contribution is 6.23. The fourth-order valence-electron chi connectivity index (χ4n) is 1.65. The van der Waals surface area contributed by atoms with E-state index in [1.807, 2.05) is 24.3 Å². The number of para-hydroxylation sites is 1. The van der Waals surface area contributed by atoms with Crippen molar-refractivity contribution < 1.29 is 0 Å². The normalized spacial score (nSPS) is 19.2. The lowest BCUT2D eigenvalue weighted by Gasteiger charge is -2.31. The van der Waals surface area contributed by atoms with Gasteiger partial charge in [-0.2, -0.15) is 0 Å². The molecule has 0 spiro atoms. The van der Waals surface area contributed by atoms with E-state index in [1.165, 1.54) is 11.3 Å². The molecule has 0 saturated carbocycles. The molecular formula is C12H12ClN. The molecule has 2 heteroatoms. The second-order valence-corrected chi connectivity index (χ2v) is 3.68. The van der Waals surface area contributed by atoms with Crippen LogP contribution in [0.25, 0.3) is 6.08 Å². The molecule has 1 aromatic carbocycles. The van der Waals surface area contributed by atoms with Crippen LogP contribution in [0, 0.1) is 0 Å². The topological polar surface area (TPSA) is 3.24 Å². The van der Waals surface area contributed by atoms with Crippen LogP contribution in [0.3, 0.4) is 0 Å². The van der Waals surface area contributed by atoms with Crippen molar-refractivity contribution in [2.24, 2.45) is 0 Å². The zero-order valence-corrected chi connectivity index (χ0v) is 8.61. The maximum absolute atomic E-state index is 6.18. The molecule has 72 valence electrons. The first-order chi connectivity index (χ1) is 6.83. The Hall–Kier alpha value is -1.21. The molecule has 1 aromatic rings.